The van der Waals surface area contributed by atoms with Gasteiger partial charge in [0.25, 0.3) is 0 Å². The molecule has 1 aromatic rings. The van der Waals surface area contributed by atoms with E-state index in [1.165, 1.54) is 0 Å². The molecule has 0 radical (unpaired) electrons. The highest BCUT2D eigenvalue weighted by Gasteiger charge is 1.93. The van der Waals surface area contributed by atoms with Crippen LogP contribution in [-0.4, -0.2) is 11.4 Å². The molecule has 1 heterocycles. The lowest BCUT2D eigenvalue weighted by molar-refractivity contribution is -0.105. The molecular formula is C8H10N2O. The topological polar surface area (TPSA) is 42.0 Å². The summed E-state index contributed by atoms with van der Waals surface area (Å²) < 4.78 is 0. The second kappa shape index (κ2) is 3.14. The first kappa shape index (κ1) is 7.72. The number of carbonyl (C=O) groups excluding carboxylic acids is 1. The van der Waals surface area contributed by atoms with Crippen LogP contribution in [0.4, 0.5) is 5.82 Å². The van der Waals surface area contributed by atoms with Gasteiger partial charge in [-0.25, -0.2) is 4.98 Å². The third-order valence-electron chi connectivity index (χ3n) is 1.30. The smallest absolute Gasteiger partial charge is 0.212 e. The summed E-state index contributed by atoms with van der Waals surface area (Å²) in [4.78, 5) is 14.1. The first-order valence-corrected chi connectivity index (χ1v) is 3.38. The Morgan fingerprint density at radius 2 is 2.18 bits per heavy atom. The van der Waals surface area contributed by atoms with E-state index >= 15 is 0 Å². The van der Waals surface area contributed by atoms with Crippen LogP contribution in [0.25, 0.3) is 0 Å². The molecule has 1 amide bonds. The van der Waals surface area contributed by atoms with Crippen LogP contribution in [0.15, 0.2) is 12.1 Å². The van der Waals surface area contributed by atoms with Gasteiger partial charge in [-0.3, -0.25) is 4.79 Å². The van der Waals surface area contributed by atoms with Crippen LogP contribution in [0.5, 0.6) is 0 Å². The van der Waals surface area contributed by atoms with Crippen molar-refractivity contribution in [2.24, 2.45) is 0 Å². The van der Waals surface area contributed by atoms with Crippen molar-refractivity contribution in [3.63, 3.8) is 0 Å². The van der Waals surface area contributed by atoms with E-state index < -0.39 is 0 Å². The van der Waals surface area contributed by atoms with Crippen LogP contribution in [-0.2, 0) is 4.79 Å². The number of aryl methyl sites for hydroxylation is 2. The number of carbonyl (C=O) groups is 1. The molecule has 0 aliphatic heterocycles. The third kappa shape index (κ3) is 2.04. The fourth-order valence-corrected chi connectivity index (χ4v) is 0.976. The number of rotatable bonds is 2. The first-order chi connectivity index (χ1) is 5.22. The molecular weight excluding hydrogens is 140 g/mol. The quantitative estimate of drug-likeness (QED) is 0.645. The van der Waals surface area contributed by atoms with Gasteiger partial charge in [-0.15, -0.1) is 0 Å². The summed E-state index contributed by atoms with van der Waals surface area (Å²) >= 11 is 0. The second-order valence-electron chi connectivity index (χ2n) is 2.43. The first-order valence-electron chi connectivity index (χ1n) is 3.38. The van der Waals surface area contributed by atoms with E-state index in [0.717, 1.165) is 11.3 Å². The Kier molecular flexibility index (Phi) is 2.21. The SMILES string of the molecule is Cc1cc(C)nc(NC=O)c1. The Balaban J connectivity index is 2.98. The summed E-state index contributed by atoms with van der Waals surface area (Å²) in [6.45, 7) is 3.85. The highest BCUT2D eigenvalue weighted by atomic mass is 16.1. The van der Waals surface area contributed by atoms with Gasteiger partial charge in [-0.1, -0.05) is 0 Å². The molecule has 58 valence electrons. The molecule has 1 rings (SSSR count). The van der Waals surface area contributed by atoms with Gasteiger partial charge in [0.2, 0.25) is 6.41 Å². The molecule has 11 heavy (non-hydrogen) atoms. The zero-order chi connectivity index (χ0) is 8.27. The van der Waals surface area contributed by atoms with Crippen molar-refractivity contribution in [2.75, 3.05) is 5.32 Å². The van der Waals surface area contributed by atoms with Gasteiger partial charge in [0.05, 0.1) is 0 Å². The Bertz CT molecular complexity index is 251. The molecule has 0 aromatic carbocycles. The molecule has 0 saturated heterocycles. The summed E-state index contributed by atoms with van der Waals surface area (Å²) in [5.41, 5.74) is 2.01. The van der Waals surface area contributed by atoms with E-state index in [1.807, 2.05) is 26.0 Å². The van der Waals surface area contributed by atoms with Crippen LogP contribution in [0.2, 0.25) is 0 Å². The van der Waals surface area contributed by atoms with Crippen molar-refractivity contribution < 1.29 is 4.79 Å². The van der Waals surface area contributed by atoms with E-state index in [0.29, 0.717) is 12.2 Å². The lowest BCUT2D eigenvalue weighted by Gasteiger charge is -2.00. The summed E-state index contributed by atoms with van der Waals surface area (Å²) in [5, 5.41) is 2.50. The Morgan fingerprint density at radius 1 is 1.45 bits per heavy atom. The summed E-state index contributed by atoms with van der Waals surface area (Å²) in [5.74, 6) is 0.609. The lowest BCUT2D eigenvalue weighted by Crippen LogP contribution is -1.98. The molecule has 0 spiro atoms. The van der Waals surface area contributed by atoms with Crippen molar-refractivity contribution in [1.29, 1.82) is 0 Å². The average molecular weight is 150 g/mol. The third-order valence-corrected chi connectivity index (χ3v) is 1.30. The predicted molar refractivity (Wildman–Crippen MR) is 43.4 cm³/mol. The minimum atomic E-state index is 0.609. The Morgan fingerprint density at radius 3 is 2.73 bits per heavy atom. The molecule has 0 saturated carbocycles. The number of aromatic nitrogens is 1. The standard InChI is InChI=1S/C8H10N2O/c1-6-3-7(2)10-8(4-6)9-5-11/h3-5H,1-2H3,(H,9,10,11). The minimum absolute atomic E-state index is 0.609. The zero-order valence-electron chi connectivity index (χ0n) is 6.59. The number of hydrogen-bond donors (Lipinski definition) is 1. The molecule has 0 bridgehead atoms. The maximum absolute atomic E-state index is 10.0. The van der Waals surface area contributed by atoms with Crippen molar-refractivity contribution >= 4 is 12.2 Å². The highest BCUT2D eigenvalue weighted by Crippen LogP contribution is 2.07. The van der Waals surface area contributed by atoms with Gasteiger partial charge >= 0.3 is 0 Å². The van der Waals surface area contributed by atoms with Gasteiger partial charge in [-0.2, -0.15) is 0 Å². The van der Waals surface area contributed by atoms with Crippen molar-refractivity contribution in [2.45, 2.75) is 13.8 Å². The van der Waals surface area contributed by atoms with Crippen molar-refractivity contribution in [1.82, 2.24) is 4.98 Å². The van der Waals surface area contributed by atoms with Crippen LogP contribution < -0.4 is 5.32 Å². The number of pyridine rings is 1. The molecule has 0 aliphatic rings. The zero-order valence-corrected chi connectivity index (χ0v) is 6.59. The summed E-state index contributed by atoms with van der Waals surface area (Å²) in [6, 6.07) is 3.78. The molecule has 3 nitrogen and oxygen atoms in total. The largest absolute Gasteiger partial charge is 0.313 e. The Hall–Kier alpha value is -1.38. The fraction of sp³-hybridized carbons (Fsp3) is 0.250. The minimum Gasteiger partial charge on any atom is -0.313 e. The van der Waals surface area contributed by atoms with Gasteiger partial charge in [-0.05, 0) is 31.5 Å². The van der Waals surface area contributed by atoms with Gasteiger partial charge in [0, 0.05) is 5.69 Å². The van der Waals surface area contributed by atoms with Crippen LogP contribution in [0, 0.1) is 13.8 Å². The van der Waals surface area contributed by atoms with Gasteiger partial charge in [0.1, 0.15) is 5.82 Å². The maximum Gasteiger partial charge on any atom is 0.212 e. The number of anilines is 1. The van der Waals surface area contributed by atoms with Gasteiger partial charge in [0.15, 0.2) is 0 Å². The average Bonchev–Trinajstić information content (AvgIpc) is 1.85. The normalized spacial score (nSPS) is 9.27. The number of nitrogens with zero attached hydrogens (tertiary/aromatic N) is 1. The highest BCUT2D eigenvalue weighted by molar-refractivity contribution is 5.68. The molecule has 3 heteroatoms. The van der Waals surface area contributed by atoms with Gasteiger partial charge < -0.3 is 5.32 Å². The number of nitrogens with one attached hydrogen (secondary N) is 1. The van der Waals surface area contributed by atoms with Crippen molar-refractivity contribution in [3.8, 4) is 0 Å². The van der Waals surface area contributed by atoms with E-state index in [2.05, 4.69) is 10.3 Å². The number of amides is 1. The monoisotopic (exact) mass is 150 g/mol. The summed E-state index contributed by atoms with van der Waals surface area (Å²) in [6.07, 6.45) is 0.626. The van der Waals surface area contributed by atoms with Crippen LogP contribution in [0.1, 0.15) is 11.3 Å². The Labute approximate surface area is 65.5 Å². The van der Waals surface area contributed by atoms with Crippen molar-refractivity contribution in [3.05, 3.63) is 23.4 Å². The molecule has 1 aromatic heterocycles. The molecule has 0 atom stereocenters. The lowest BCUT2D eigenvalue weighted by atomic mass is 10.2. The summed E-state index contributed by atoms with van der Waals surface area (Å²) in [7, 11) is 0. The molecule has 1 N–H and O–H groups in total. The molecule has 0 fully saturated rings. The molecule has 0 aliphatic carbocycles. The number of hydrogen-bond acceptors (Lipinski definition) is 2. The van der Waals surface area contributed by atoms with E-state index in [1.54, 1.807) is 0 Å². The van der Waals surface area contributed by atoms with E-state index in [-0.39, 0.29) is 0 Å². The van der Waals surface area contributed by atoms with Crippen LogP contribution >= 0.6 is 0 Å². The van der Waals surface area contributed by atoms with E-state index in [9.17, 15) is 4.79 Å². The molecule has 0 unspecified atom stereocenters. The predicted octanol–water partition coefficient (Wildman–Crippen LogP) is 1.27. The fourth-order valence-electron chi connectivity index (χ4n) is 0.976. The van der Waals surface area contributed by atoms with E-state index in [4.69, 9.17) is 0 Å². The second-order valence-corrected chi connectivity index (χ2v) is 2.43. The maximum atomic E-state index is 10.0. The van der Waals surface area contributed by atoms with Crippen LogP contribution in [0.3, 0.4) is 0 Å².